The second-order valence-electron chi connectivity index (χ2n) is 7.94. The number of rotatable bonds is 9. The predicted octanol–water partition coefficient (Wildman–Crippen LogP) is 6.01. The standard InChI is InChI=1S/C26H26FN3O3/c1-3-18(2)20-7-9-23(10-8-20)32-17-24-11-12-25(33-24)26(31)29-22-14-28-30(16-22)15-19-5-4-6-21(27)13-19/h4-14,16,18H,3,15,17H2,1-2H3,(H,29,31). The number of halogens is 1. The number of hydrogen-bond acceptors (Lipinski definition) is 4. The quantitative estimate of drug-likeness (QED) is 0.341. The van der Waals surface area contributed by atoms with Gasteiger partial charge >= 0.3 is 0 Å². The molecule has 0 spiro atoms. The van der Waals surface area contributed by atoms with Gasteiger partial charge in [-0.1, -0.05) is 38.1 Å². The summed E-state index contributed by atoms with van der Waals surface area (Å²) in [5, 5.41) is 6.96. The normalized spacial score (nSPS) is 11.8. The molecule has 6 nitrogen and oxygen atoms in total. The van der Waals surface area contributed by atoms with Crippen molar-refractivity contribution in [3.63, 3.8) is 0 Å². The van der Waals surface area contributed by atoms with Crippen molar-refractivity contribution in [3.8, 4) is 5.75 Å². The Bertz CT molecular complexity index is 1210. The summed E-state index contributed by atoms with van der Waals surface area (Å²) in [5.74, 6) is 1.30. The van der Waals surface area contributed by atoms with Crippen molar-refractivity contribution in [2.24, 2.45) is 0 Å². The number of carbonyl (C=O) groups is 1. The molecule has 1 unspecified atom stereocenters. The maximum atomic E-state index is 13.3. The molecule has 4 aromatic rings. The Morgan fingerprint density at radius 2 is 2.00 bits per heavy atom. The molecular formula is C26H26FN3O3. The fourth-order valence-electron chi connectivity index (χ4n) is 3.39. The zero-order valence-corrected chi connectivity index (χ0v) is 18.6. The fourth-order valence-corrected chi connectivity index (χ4v) is 3.39. The molecule has 0 aliphatic rings. The Hall–Kier alpha value is -3.87. The molecule has 0 saturated heterocycles. The molecule has 1 amide bonds. The van der Waals surface area contributed by atoms with Crippen LogP contribution >= 0.6 is 0 Å². The van der Waals surface area contributed by atoms with Crippen LogP contribution in [-0.4, -0.2) is 15.7 Å². The van der Waals surface area contributed by atoms with Gasteiger partial charge in [0.25, 0.3) is 5.91 Å². The number of nitrogens with zero attached hydrogens (tertiary/aromatic N) is 2. The lowest BCUT2D eigenvalue weighted by atomic mass is 9.99. The number of benzene rings is 2. The van der Waals surface area contributed by atoms with Crippen molar-refractivity contribution in [1.29, 1.82) is 0 Å². The summed E-state index contributed by atoms with van der Waals surface area (Å²) < 4.78 is 26.4. The van der Waals surface area contributed by atoms with E-state index in [2.05, 4.69) is 36.4 Å². The summed E-state index contributed by atoms with van der Waals surface area (Å²) in [6.07, 6.45) is 4.30. The minimum atomic E-state index is -0.385. The van der Waals surface area contributed by atoms with Gasteiger partial charge in [-0.15, -0.1) is 0 Å². The lowest BCUT2D eigenvalue weighted by molar-refractivity contribution is 0.0992. The van der Waals surface area contributed by atoms with E-state index in [9.17, 15) is 9.18 Å². The van der Waals surface area contributed by atoms with Crippen molar-refractivity contribution < 1.29 is 18.3 Å². The van der Waals surface area contributed by atoms with Gasteiger partial charge < -0.3 is 14.5 Å². The Morgan fingerprint density at radius 1 is 1.18 bits per heavy atom. The molecule has 4 rings (SSSR count). The number of nitrogens with one attached hydrogen (secondary N) is 1. The third-order valence-corrected chi connectivity index (χ3v) is 5.45. The van der Waals surface area contributed by atoms with Crippen LogP contribution in [0.25, 0.3) is 0 Å². The average molecular weight is 448 g/mol. The number of carbonyl (C=O) groups excluding carboxylic acids is 1. The van der Waals surface area contributed by atoms with Crippen LogP contribution in [0.4, 0.5) is 10.1 Å². The van der Waals surface area contributed by atoms with E-state index in [1.807, 2.05) is 18.2 Å². The Balaban J connectivity index is 1.30. The second-order valence-corrected chi connectivity index (χ2v) is 7.94. The molecule has 170 valence electrons. The fraction of sp³-hybridized carbons (Fsp3) is 0.231. The number of furan rings is 1. The highest BCUT2D eigenvalue weighted by Gasteiger charge is 2.13. The van der Waals surface area contributed by atoms with Crippen LogP contribution in [-0.2, 0) is 13.2 Å². The molecule has 0 radical (unpaired) electrons. The lowest BCUT2D eigenvalue weighted by Crippen LogP contribution is -2.10. The molecule has 0 aliphatic carbocycles. The third-order valence-electron chi connectivity index (χ3n) is 5.45. The molecule has 0 aliphatic heterocycles. The molecule has 2 aromatic heterocycles. The summed E-state index contributed by atoms with van der Waals surface area (Å²) >= 11 is 0. The molecular weight excluding hydrogens is 421 g/mol. The van der Waals surface area contributed by atoms with Gasteiger partial charge in [-0.05, 0) is 59.9 Å². The Morgan fingerprint density at radius 3 is 2.76 bits per heavy atom. The first kappa shape index (κ1) is 22.3. The van der Waals surface area contributed by atoms with Gasteiger partial charge in [0.1, 0.15) is 23.9 Å². The van der Waals surface area contributed by atoms with Gasteiger partial charge in [-0.25, -0.2) is 4.39 Å². The largest absolute Gasteiger partial charge is 0.486 e. The van der Waals surface area contributed by atoms with Crippen LogP contribution < -0.4 is 10.1 Å². The van der Waals surface area contributed by atoms with Gasteiger partial charge in [-0.3, -0.25) is 9.48 Å². The molecule has 0 fully saturated rings. The van der Waals surface area contributed by atoms with Crippen molar-refractivity contribution in [2.75, 3.05) is 5.32 Å². The van der Waals surface area contributed by atoms with Gasteiger partial charge in [0.05, 0.1) is 18.4 Å². The van der Waals surface area contributed by atoms with E-state index < -0.39 is 0 Å². The molecule has 0 bridgehead atoms. The van der Waals surface area contributed by atoms with Crippen LogP contribution in [0.2, 0.25) is 0 Å². The van der Waals surface area contributed by atoms with Gasteiger partial charge in [0, 0.05) is 6.20 Å². The summed E-state index contributed by atoms with van der Waals surface area (Å²) in [5.41, 5.74) is 2.58. The highest BCUT2D eigenvalue weighted by molar-refractivity contribution is 6.02. The second kappa shape index (κ2) is 10.2. The van der Waals surface area contributed by atoms with Gasteiger partial charge in [0.2, 0.25) is 0 Å². The van der Waals surface area contributed by atoms with Crippen LogP contribution in [0, 0.1) is 5.82 Å². The van der Waals surface area contributed by atoms with Crippen LogP contribution in [0.3, 0.4) is 0 Å². The van der Waals surface area contributed by atoms with E-state index in [4.69, 9.17) is 9.15 Å². The first-order valence-corrected chi connectivity index (χ1v) is 10.9. The smallest absolute Gasteiger partial charge is 0.291 e. The summed E-state index contributed by atoms with van der Waals surface area (Å²) in [6, 6.07) is 17.7. The van der Waals surface area contributed by atoms with Crippen molar-refractivity contribution in [1.82, 2.24) is 9.78 Å². The lowest BCUT2D eigenvalue weighted by Gasteiger charge is -2.10. The van der Waals surface area contributed by atoms with E-state index in [1.54, 1.807) is 29.1 Å². The van der Waals surface area contributed by atoms with E-state index in [0.29, 0.717) is 23.9 Å². The summed E-state index contributed by atoms with van der Waals surface area (Å²) in [6.45, 7) is 4.98. The van der Waals surface area contributed by atoms with E-state index >= 15 is 0 Å². The van der Waals surface area contributed by atoms with E-state index in [-0.39, 0.29) is 24.1 Å². The van der Waals surface area contributed by atoms with Crippen molar-refractivity contribution in [3.05, 3.63) is 102 Å². The Labute approximate surface area is 192 Å². The molecule has 1 N–H and O–H groups in total. The molecule has 1 atom stereocenters. The average Bonchev–Trinajstić information content (AvgIpc) is 3.47. The van der Waals surface area contributed by atoms with Gasteiger partial charge in [0.15, 0.2) is 5.76 Å². The van der Waals surface area contributed by atoms with Crippen LogP contribution in [0.15, 0.2) is 77.5 Å². The molecule has 2 heterocycles. The van der Waals surface area contributed by atoms with Crippen molar-refractivity contribution >= 4 is 11.6 Å². The maximum Gasteiger partial charge on any atom is 0.291 e. The maximum absolute atomic E-state index is 13.3. The number of anilines is 1. The monoisotopic (exact) mass is 447 g/mol. The number of amides is 1. The third kappa shape index (κ3) is 5.88. The number of hydrogen-bond donors (Lipinski definition) is 1. The minimum Gasteiger partial charge on any atom is -0.486 e. The molecule has 2 aromatic carbocycles. The topological polar surface area (TPSA) is 69.3 Å². The van der Waals surface area contributed by atoms with Crippen molar-refractivity contribution in [2.45, 2.75) is 39.3 Å². The summed E-state index contributed by atoms with van der Waals surface area (Å²) in [7, 11) is 0. The zero-order valence-electron chi connectivity index (χ0n) is 18.6. The van der Waals surface area contributed by atoms with E-state index in [1.165, 1.54) is 23.9 Å². The number of aromatic nitrogens is 2. The summed E-state index contributed by atoms with van der Waals surface area (Å²) in [4.78, 5) is 12.5. The molecule has 33 heavy (non-hydrogen) atoms. The molecule has 0 saturated carbocycles. The highest BCUT2D eigenvalue weighted by atomic mass is 19.1. The highest BCUT2D eigenvalue weighted by Crippen LogP contribution is 2.22. The van der Waals surface area contributed by atoms with Crippen LogP contribution in [0.1, 0.15) is 53.6 Å². The first-order valence-electron chi connectivity index (χ1n) is 10.9. The SMILES string of the molecule is CCC(C)c1ccc(OCc2ccc(C(=O)Nc3cnn(Cc4cccc(F)c4)c3)o2)cc1. The molecule has 7 heteroatoms. The van der Waals surface area contributed by atoms with Gasteiger partial charge in [-0.2, -0.15) is 5.10 Å². The Kier molecular flexibility index (Phi) is 6.88. The van der Waals surface area contributed by atoms with Crippen LogP contribution in [0.5, 0.6) is 5.75 Å². The zero-order chi connectivity index (χ0) is 23.2. The first-order chi connectivity index (χ1) is 16.0. The number of ether oxygens (including phenoxy) is 1. The van der Waals surface area contributed by atoms with E-state index in [0.717, 1.165) is 17.7 Å². The minimum absolute atomic E-state index is 0.179. The predicted molar refractivity (Wildman–Crippen MR) is 124 cm³/mol.